The molecule has 0 N–H and O–H groups in total. The molecule has 0 bridgehead atoms. The zero-order valence-corrected chi connectivity index (χ0v) is 7.13. The molecular formula is C7H9BrF2. The zero-order valence-electron chi connectivity index (χ0n) is 5.54. The highest BCUT2D eigenvalue weighted by Crippen LogP contribution is 2.72. The maximum absolute atomic E-state index is 12.5. The molecule has 0 aliphatic heterocycles. The van der Waals surface area contributed by atoms with Crippen LogP contribution in [0, 0.1) is 11.3 Å². The average Bonchev–Trinajstić information content (AvgIpc) is 2.30. The summed E-state index contributed by atoms with van der Waals surface area (Å²) in [5.74, 6) is -1.78. The van der Waals surface area contributed by atoms with Gasteiger partial charge in [0.05, 0.1) is 0 Å². The number of hydrogen-bond donors (Lipinski definition) is 0. The minimum absolute atomic E-state index is 0.156. The van der Waals surface area contributed by atoms with E-state index in [9.17, 15) is 8.78 Å². The Labute approximate surface area is 67.1 Å². The highest BCUT2D eigenvalue weighted by Gasteiger charge is 2.75. The average molecular weight is 211 g/mol. The lowest BCUT2D eigenvalue weighted by molar-refractivity contribution is 0.00816. The van der Waals surface area contributed by atoms with Gasteiger partial charge in [-0.3, -0.25) is 0 Å². The Morgan fingerprint density at radius 1 is 1.40 bits per heavy atom. The third kappa shape index (κ3) is 0.700. The molecule has 2 aliphatic rings. The summed E-state index contributed by atoms with van der Waals surface area (Å²) in [6, 6.07) is 0. The van der Waals surface area contributed by atoms with Crippen molar-refractivity contribution in [3.63, 3.8) is 0 Å². The van der Waals surface area contributed by atoms with Crippen LogP contribution in [-0.2, 0) is 0 Å². The van der Waals surface area contributed by atoms with Gasteiger partial charge in [-0.25, -0.2) is 8.78 Å². The second-order valence-corrected chi connectivity index (χ2v) is 4.24. The van der Waals surface area contributed by atoms with Crippen LogP contribution < -0.4 is 0 Å². The highest BCUT2D eigenvalue weighted by molar-refractivity contribution is 9.09. The van der Waals surface area contributed by atoms with E-state index < -0.39 is 11.3 Å². The minimum Gasteiger partial charge on any atom is -0.206 e. The Hall–Kier alpha value is 0.340. The van der Waals surface area contributed by atoms with E-state index in [-0.39, 0.29) is 6.42 Å². The molecule has 0 aromatic rings. The molecule has 0 aromatic carbocycles. The van der Waals surface area contributed by atoms with Crippen molar-refractivity contribution in [2.75, 3.05) is 5.33 Å². The van der Waals surface area contributed by atoms with Crippen molar-refractivity contribution >= 4 is 15.9 Å². The standard InChI is InChI=1S/C7H9BrF2/c8-3-5-1-6(2-5)4-7(6,9)10/h5H,1-4H2. The van der Waals surface area contributed by atoms with E-state index in [1.165, 1.54) is 0 Å². The van der Waals surface area contributed by atoms with Crippen molar-refractivity contribution < 1.29 is 8.78 Å². The molecule has 0 nitrogen and oxygen atoms in total. The van der Waals surface area contributed by atoms with Crippen molar-refractivity contribution in [2.45, 2.75) is 25.2 Å². The lowest BCUT2D eigenvalue weighted by Gasteiger charge is -2.34. The van der Waals surface area contributed by atoms with E-state index in [2.05, 4.69) is 15.9 Å². The molecule has 3 heteroatoms. The summed E-state index contributed by atoms with van der Waals surface area (Å²) >= 11 is 3.30. The molecule has 2 saturated carbocycles. The SMILES string of the molecule is FC1(F)CC12CC(CBr)C2. The number of alkyl halides is 3. The van der Waals surface area contributed by atoms with E-state index in [1.807, 2.05) is 0 Å². The minimum atomic E-state index is -2.30. The number of hydrogen-bond acceptors (Lipinski definition) is 0. The summed E-state index contributed by atoms with van der Waals surface area (Å²) < 4.78 is 25.1. The summed E-state index contributed by atoms with van der Waals surface area (Å²) in [7, 11) is 0. The summed E-state index contributed by atoms with van der Waals surface area (Å²) in [6.07, 6.45) is 1.64. The smallest absolute Gasteiger partial charge is 0.206 e. The lowest BCUT2D eigenvalue weighted by atomic mass is 9.72. The monoisotopic (exact) mass is 210 g/mol. The predicted molar refractivity (Wildman–Crippen MR) is 38.5 cm³/mol. The van der Waals surface area contributed by atoms with Crippen LogP contribution in [0.2, 0.25) is 0 Å². The topological polar surface area (TPSA) is 0 Å². The first-order valence-electron chi connectivity index (χ1n) is 3.53. The molecule has 0 atom stereocenters. The van der Waals surface area contributed by atoms with Gasteiger partial charge in [0.2, 0.25) is 0 Å². The third-order valence-electron chi connectivity index (χ3n) is 2.79. The van der Waals surface area contributed by atoms with Crippen molar-refractivity contribution in [2.24, 2.45) is 11.3 Å². The molecule has 0 amide bonds. The van der Waals surface area contributed by atoms with Gasteiger partial charge in [0.1, 0.15) is 0 Å². The maximum Gasteiger partial charge on any atom is 0.254 e. The maximum atomic E-state index is 12.5. The van der Waals surface area contributed by atoms with Gasteiger partial charge in [0, 0.05) is 17.2 Å². The summed E-state index contributed by atoms with van der Waals surface area (Å²) in [6.45, 7) is 0. The van der Waals surface area contributed by atoms with Crippen LogP contribution in [0.1, 0.15) is 19.3 Å². The van der Waals surface area contributed by atoms with Crippen molar-refractivity contribution in [1.82, 2.24) is 0 Å². The van der Waals surface area contributed by atoms with Crippen LogP contribution in [-0.4, -0.2) is 11.3 Å². The van der Waals surface area contributed by atoms with Crippen LogP contribution in [0.15, 0.2) is 0 Å². The van der Waals surface area contributed by atoms with Crippen molar-refractivity contribution in [1.29, 1.82) is 0 Å². The van der Waals surface area contributed by atoms with E-state index in [4.69, 9.17) is 0 Å². The van der Waals surface area contributed by atoms with Crippen LogP contribution >= 0.6 is 15.9 Å². The molecule has 10 heavy (non-hydrogen) atoms. The Kier molecular flexibility index (Phi) is 1.22. The van der Waals surface area contributed by atoms with Gasteiger partial charge in [-0.15, -0.1) is 0 Å². The highest BCUT2D eigenvalue weighted by atomic mass is 79.9. The normalized spacial score (nSPS) is 48.9. The Balaban J connectivity index is 1.92. The molecule has 0 unspecified atom stereocenters. The van der Waals surface area contributed by atoms with E-state index >= 15 is 0 Å². The van der Waals surface area contributed by atoms with Crippen LogP contribution in [0.3, 0.4) is 0 Å². The van der Waals surface area contributed by atoms with Gasteiger partial charge in [-0.1, -0.05) is 15.9 Å². The largest absolute Gasteiger partial charge is 0.254 e. The number of rotatable bonds is 1. The van der Waals surface area contributed by atoms with Gasteiger partial charge in [-0.2, -0.15) is 0 Å². The fourth-order valence-corrected chi connectivity index (χ4v) is 2.44. The Morgan fingerprint density at radius 2 is 1.90 bits per heavy atom. The quantitative estimate of drug-likeness (QED) is 0.585. The first-order chi connectivity index (χ1) is 4.60. The molecule has 0 radical (unpaired) electrons. The van der Waals surface area contributed by atoms with E-state index in [0.29, 0.717) is 5.92 Å². The van der Waals surface area contributed by atoms with Gasteiger partial charge in [-0.05, 0) is 18.8 Å². The zero-order chi connectivity index (χ0) is 7.41. The Morgan fingerprint density at radius 3 is 2.20 bits per heavy atom. The second kappa shape index (κ2) is 1.74. The fraction of sp³-hybridized carbons (Fsp3) is 1.00. The summed E-state index contributed by atoms with van der Waals surface area (Å²) in [5.41, 5.74) is -0.522. The van der Waals surface area contributed by atoms with Gasteiger partial charge < -0.3 is 0 Å². The summed E-state index contributed by atoms with van der Waals surface area (Å²) in [4.78, 5) is 0. The molecule has 0 aromatic heterocycles. The second-order valence-electron chi connectivity index (χ2n) is 3.59. The molecule has 58 valence electrons. The molecule has 0 saturated heterocycles. The lowest BCUT2D eigenvalue weighted by Crippen LogP contribution is -2.30. The fourth-order valence-electron chi connectivity index (χ4n) is 1.98. The van der Waals surface area contributed by atoms with Gasteiger partial charge in [0.25, 0.3) is 5.92 Å². The van der Waals surface area contributed by atoms with Crippen LogP contribution in [0.4, 0.5) is 8.78 Å². The molecular weight excluding hydrogens is 202 g/mol. The Bertz CT molecular complexity index is 161. The van der Waals surface area contributed by atoms with Crippen molar-refractivity contribution in [3.05, 3.63) is 0 Å². The molecule has 0 heterocycles. The van der Waals surface area contributed by atoms with Crippen molar-refractivity contribution in [3.8, 4) is 0 Å². The first kappa shape index (κ1) is 7.01. The van der Waals surface area contributed by atoms with Crippen LogP contribution in [0.25, 0.3) is 0 Å². The summed E-state index contributed by atoms with van der Waals surface area (Å²) in [5, 5.41) is 0.894. The van der Waals surface area contributed by atoms with Gasteiger partial charge >= 0.3 is 0 Å². The predicted octanol–water partition coefficient (Wildman–Crippen LogP) is 2.82. The van der Waals surface area contributed by atoms with E-state index in [1.54, 1.807) is 0 Å². The first-order valence-corrected chi connectivity index (χ1v) is 4.66. The number of halogens is 3. The molecule has 2 rings (SSSR count). The molecule has 1 spiro atoms. The molecule has 2 aliphatic carbocycles. The molecule has 2 fully saturated rings. The van der Waals surface area contributed by atoms with E-state index in [0.717, 1.165) is 18.2 Å². The van der Waals surface area contributed by atoms with Gasteiger partial charge in [0.15, 0.2) is 0 Å². The third-order valence-corrected chi connectivity index (χ3v) is 3.70. The van der Waals surface area contributed by atoms with Crippen LogP contribution in [0.5, 0.6) is 0 Å².